The van der Waals surface area contributed by atoms with Crippen LogP contribution in [0.25, 0.3) is 5.82 Å². The van der Waals surface area contributed by atoms with Gasteiger partial charge in [0.2, 0.25) is 5.91 Å². The number of amides is 1. The predicted octanol–water partition coefficient (Wildman–Crippen LogP) is 2.63. The van der Waals surface area contributed by atoms with E-state index in [4.69, 9.17) is 0 Å². The first-order valence-electron chi connectivity index (χ1n) is 7.28. The van der Waals surface area contributed by atoms with Crippen LogP contribution < -0.4 is 5.32 Å². The van der Waals surface area contributed by atoms with Crippen molar-refractivity contribution in [1.29, 1.82) is 0 Å². The number of aromatic nitrogens is 3. The van der Waals surface area contributed by atoms with Gasteiger partial charge in [0, 0.05) is 31.6 Å². The largest absolute Gasteiger partial charge is 0.352 e. The summed E-state index contributed by atoms with van der Waals surface area (Å²) in [6, 6.07) is 3.91. The second-order valence-corrected chi connectivity index (χ2v) is 5.58. The zero-order chi connectivity index (χ0) is 15.2. The molecular weight excluding hydrogens is 264 g/mol. The van der Waals surface area contributed by atoms with Gasteiger partial charge in [-0.1, -0.05) is 19.9 Å². The molecule has 0 aliphatic heterocycles. The number of carbonyl (C=O) groups excluding carboxylic acids is 1. The third-order valence-corrected chi connectivity index (χ3v) is 3.32. The quantitative estimate of drug-likeness (QED) is 0.888. The molecule has 2 heterocycles. The van der Waals surface area contributed by atoms with E-state index in [2.05, 4.69) is 29.1 Å². The van der Waals surface area contributed by atoms with Crippen LogP contribution in [0.5, 0.6) is 0 Å². The van der Waals surface area contributed by atoms with E-state index in [9.17, 15) is 4.79 Å². The minimum atomic E-state index is 0.0956. The molecule has 0 radical (unpaired) electrons. The van der Waals surface area contributed by atoms with Gasteiger partial charge in [-0.15, -0.1) is 0 Å². The van der Waals surface area contributed by atoms with Crippen molar-refractivity contribution in [2.75, 3.05) is 0 Å². The number of carbonyl (C=O) groups is 1. The van der Waals surface area contributed by atoms with E-state index in [1.165, 1.54) is 0 Å². The van der Waals surface area contributed by atoms with Crippen LogP contribution in [-0.2, 0) is 11.3 Å². The molecule has 2 rings (SSSR count). The number of hydrogen-bond donors (Lipinski definition) is 1. The maximum absolute atomic E-state index is 11.7. The lowest BCUT2D eigenvalue weighted by molar-refractivity contribution is -0.121. The van der Waals surface area contributed by atoms with Crippen LogP contribution >= 0.6 is 0 Å². The second-order valence-electron chi connectivity index (χ2n) is 5.58. The third kappa shape index (κ3) is 4.41. The van der Waals surface area contributed by atoms with Gasteiger partial charge in [0.1, 0.15) is 11.6 Å². The van der Waals surface area contributed by atoms with Crippen molar-refractivity contribution in [2.45, 2.75) is 40.2 Å². The lowest BCUT2D eigenvalue weighted by Crippen LogP contribution is -2.22. The summed E-state index contributed by atoms with van der Waals surface area (Å²) in [7, 11) is 0. The van der Waals surface area contributed by atoms with E-state index >= 15 is 0 Å². The van der Waals surface area contributed by atoms with E-state index in [0.29, 0.717) is 18.9 Å². The Morgan fingerprint density at radius 3 is 2.71 bits per heavy atom. The number of hydrogen-bond acceptors (Lipinski definition) is 3. The molecule has 0 aliphatic carbocycles. The first-order valence-corrected chi connectivity index (χ1v) is 7.28. The highest BCUT2D eigenvalue weighted by molar-refractivity contribution is 5.75. The van der Waals surface area contributed by atoms with Gasteiger partial charge in [0.25, 0.3) is 0 Å². The van der Waals surface area contributed by atoms with Crippen molar-refractivity contribution < 1.29 is 4.79 Å². The molecule has 0 aromatic carbocycles. The summed E-state index contributed by atoms with van der Waals surface area (Å²) < 4.78 is 1.92. The number of rotatable bonds is 6. The molecule has 0 atom stereocenters. The molecule has 0 aliphatic rings. The fourth-order valence-electron chi connectivity index (χ4n) is 1.99. The summed E-state index contributed by atoms with van der Waals surface area (Å²) in [5.74, 6) is 2.38. The molecule has 0 saturated carbocycles. The van der Waals surface area contributed by atoms with Crippen molar-refractivity contribution >= 4 is 5.91 Å². The molecule has 1 N–H and O–H groups in total. The average Bonchev–Trinajstić information content (AvgIpc) is 2.89. The van der Waals surface area contributed by atoms with Crippen molar-refractivity contribution in [2.24, 2.45) is 5.92 Å². The van der Waals surface area contributed by atoms with Gasteiger partial charge < -0.3 is 5.32 Å². The summed E-state index contributed by atoms with van der Waals surface area (Å²) in [6.07, 6.45) is 6.92. The number of aryl methyl sites for hydroxylation is 1. The Labute approximate surface area is 125 Å². The third-order valence-electron chi connectivity index (χ3n) is 3.32. The van der Waals surface area contributed by atoms with Crippen molar-refractivity contribution in [1.82, 2.24) is 19.9 Å². The minimum Gasteiger partial charge on any atom is -0.352 e. The smallest absolute Gasteiger partial charge is 0.220 e. The molecule has 0 fully saturated rings. The van der Waals surface area contributed by atoms with Crippen LogP contribution in [0.3, 0.4) is 0 Å². The maximum atomic E-state index is 11.7. The van der Waals surface area contributed by atoms with Gasteiger partial charge in [-0.3, -0.25) is 9.36 Å². The number of nitrogens with zero attached hydrogens (tertiary/aromatic N) is 3. The molecule has 2 aromatic rings. The first-order chi connectivity index (χ1) is 10.1. The predicted molar refractivity (Wildman–Crippen MR) is 82.0 cm³/mol. The van der Waals surface area contributed by atoms with E-state index in [-0.39, 0.29) is 5.91 Å². The van der Waals surface area contributed by atoms with E-state index in [1.807, 2.05) is 29.8 Å². The van der Waals surface area contributed by atoms with Crippen LogP contribution in [0, 0.1) is 12.8 Å². The zero-order valence-corrected chi connectivity index (χ0v) is 12.8. The molecule has 112 valence electrons. The first kappa shape index (κ1) is 15.2. The molecule has 0 saturated heterocycles. The fraction of sp³-hybridized carbons (Fsp3) is 0.438. The van der Waals surface area contributed by atoms with Gasteiger partial charge in [-0.2, -0.15) is 0 Å². The maximum Gasteiger partial charge on any atom is 0.220 e. The number of pyridine rings is 1. The molecule has 1 amide bonds. The Morgan fingerprint density at radius 1 is 1.33 bits per heavy atom. The SMILES string of the molecule is Cc1nccn1-c1ccc(CNC(=O)CCC(C)C)cn1. The number of imidazole rings is 1. The lowest BCUT2D eigenvalue weighted by atomic mass is 10.1. The second kappa shape index (κ2) is 7.02. The Balaban J connectivity index is 1.88. The Bertz CT molecular complexity index is 587. The highest BCUT2D eigenvalue weighted by Crippen LogP contribution is 2.08. The van der Waals surface area contributed by atoms with Gasteiger partial charge in [0.05, 0.1) is 0 Å². The molecule has 0 bridgehead atoms. The van der Waals surface area contributed by atoms with Gasteiger partial charge >= 0.3 is 0 Å². The van der Waals surface area contributed by atoms with Crippen LogP contribution in [0.15, 0.2) is 30.7 Å². The summed E-state index contributed by atoms with van der Waals surface area (Å²) in [5, 5.41) is 2.92. The highest BCUT2D eigenvalue weighted by atomic mass is 16.1. The van der Waals surface area contributed by atoms with Crippen LogP contribution in [0.1, 0.15) is 38.1 Å². The average molecular weight is 286 g/mol. The Morgan fingerprint density at radius 2 is 2.14 bits per heavy atom. The number of nitrogens with one attached hydrogen (secondary N) is 1. The fourth-order valence-corrected chi connectivity index (χ4v) is 1.99. The van der Waals surface area contributed by atoms with Crippen LogP contribution in [0.2, 0.25) is 0 Å². The molecule has 2 aromatic heterocycles. The summed E-state index contributed by atoms with van der Waals surface area (Å²) in [4.78, 5) is 20.3. The summed E-state index contributed by atoms with van der Waals surface area (Å²) in [6.45, 7) is 6.69. The molecule has 21 heavy (non-hydrogen) atoms. The van der Waals surface area contributed by atoms with E-state index in [0.717, 1.165) is 23.6 Å². The summed E-state index contributed by atoms with van der Waals surface area (Å²) in [5.41, 5.74) is 0.995. The Hall–Kier alpha value is -2.17. The molecule has 5 heteroatoms. The van der Waals surface area contributed by atoms with Crippen molar-refractivity contribution in [3.63, 3.8) is 0 Å². The monoisotopic (exact) mass is 286 g/mol. The Kier molecular flexibility index (Phi) is 5.09. The van der Waals surface area contributed by atoms with Gasteiger partial charge in [-0.05, 0) is 30.9 Å². The van der Waals surface area contributed by atoms with Crippen molar-refractivity contribution in [3.8, 4) is 5.82 Å². The highest BCUT2D eigenvalue weighted by Gasteiger charge is 2.05. The zero-order valence-electron chi connectivity index (χ0n) is 12.8. The minimum absolute atomic E-state index is 0.0956. The van der Waals surface area contributed by atoms with E-state index in [1.54, 1.807) is 12.4 Å². The standard InChI is InChI=1S/C16H22N4O/c1-12(2)4-7-16(21)19-11-14-5-6-15(18-10-14)20-9-8-17-13(20)3/h5-6,8-10,12H,4,7,11H2,1-3H3,(H,19,21). The van der Waals surface area contributed by atoms with Gasteiger partial charge in [0.15, 0.2) is 0 Å². The molecule has 0 spiro atoms. The summed E-state index contributed by atoms with van der Waals surface area (Å²) >= 11 is 0. The van der Waals surface area contributed by atoms with Crippen molar-refractivity contribution in [3.05, 3.63) is 42.1 Å². The molecule has 0 unspecified atom stereocenters. The molecule has 5 nitrogen and oxygen atoms in total. The van der Waals surface area contributed by atoms with Gasteiger partial charge in [-0.25, -0.2) is 9.97 Å². The van der Waals surface area contributed by atoms with Crippen LogP contribution in [0.4, 0.5) is 0 Å². The molecular formula is C16H22N4O. The van der Waals surface area contributed by atoms with E-state index < -0.39 is 0 Å². The lowest BCUT2D eigenvalue weighted by Gasteiger charge is -2.08. The normalized spacial score (nSPS) is 10.9. The topological polar surface area (TPSA) is 59.8 Å². The van der Waals surface area contributed by atoms with Crippen LogP contribution in [-0.4, -0.2) is 20.4 Å².